The van der Waals surface area contributed by atoms with Crippen LogP contribution in [0.2, 0.25) is 0 Å². The fourth-order valence-electron chi connectivity index (χ4n) is 1.73. The normalized spacial score (nSPS) is 9.83. The Bertz CT molecular complexity index is 609. The number of hydrogen-bond acceptors (Lipinski definition) is 3. The maximum absolute atomic E-state index is 8.81. The molecule has 0 fully saturated rings. The minimum absolute atomic E-state index is 0.621. The Morgan fingerprint density at radius 3 is 2.61 bits per heavy atom. The van der Waals surface area contributed by atoms with E-state index >= 15 is 0 Å². The van der Waals surface area contributed by atoms with Crippen molar-refractivity contribution in [1.82, 2.24) is 0 Å². The highest BCUT2D eigenvalue weighted by molar-refractivity contribution is 9.10. The molecule has 0 heterocycles. The van der Waals surface area contributed by atoms with Gasteiger partial charge in [0.2, 0.25) is 0 Å². The molecule has 0 aliphatic heterocycles. The Morgan fingerprint density at radius 1 is 1.22 bits per heavy atom. The van der Waals surface area contributed by atoms with Crippen LogP contribution in [0.15, 0.2) is 40.9 Å². The average Bonchev–Trinajstić information content (AvgIpc) is 2.30. The molecule has 2 rings (SSSR count). The Balaban J connectivity index is 2.31. The zero-order valence-corrected chi connectivity index (χ0v) is 11.5. The number of halogens is 1. The van der Waals surface area contributed by atoms with Gasteiger partial charge in [0.15, 0.2) is 0 Å². The van der Waals surface area contributed by atoms with Crippen molar-refractivity contribution in [1.29, 1.82) is 5.26 Å². The molecule has 0 bridgehead atoms. The summed E-state index contributed by atoms with van der Waals surface area (Å²) in [5, 5.41) is 12.1. The second-order valence-corrected chi connectivity index (χ2v) is 4.92. The Labute approximate surface area is 114 Å². The topological polar surface area (TPSA) is 61.8 Å². The van der Waals surface area contributed by atoms with E-state index in [1.807, 2.05) is 31.2 Å². The molecule has 0 aromatic heterocycles. The molecular weight excluding hydrogens is 290 g/mol. The summed E-state index contributed by atoms with van der Waals surface area (Å²) in [7, 11) is 0. The first-order valence-corrected chi connectivity index (χ1v) is 6.21. The summed E-state index contributed by atoms with van der Waals surface area (Å²) < 4.78 is 0.849. The zero-order valence-electron chi connectivity index (χ0n) is 9.87. The number of nitrogen functional groups attached to an aromatic ring is 1. The number of aryl methyl sites for hydroxylation is 1. The van der Waals surface area contributed by atoms with Crippen LogP contribution >= 0.6 is 15.9 Å². The van der Waals surface area contributed by atoms with Gasteiger partial charge in [-0.1, -0.05) is 0 Å². The molecule has 90 valence electrons. The van der Waals surface area contributed by atoms with Gasteiger partial charge in [-0.2, -0.15) is 5.26 Å². The molecule has 3 N–H and O–H groups in total. The number of nitrogens with two attached hydrogens (primary N) is 1. The van der Waals surface area contributed by atoms with Gasteiger partial charge in [-0.15, -0.1) is 0 Å². The van der Waals surface area contributed by atoms with Crippen molar-refractivity contribution < 1.29 is 0 Å². The van der Waals surface area contributed by atoms with E-state index in [-0.39, 0.29) is 0 Å². The van der Waals surface area contributed by atoms with Crippen LogP contribution in [0.5, 0.6) is 0 Å². The lowest BCUT2D eigenvalue weighted by molar-refractivity contribution is 1.43. The second kappa shape index (κ2) is 5.11. The second-order valence-electron chi connectivity index (χ2n) is 4.06. The fourth-order valence-corrected chi connectivity index (χ4v) is 2.20. The molecule has 0 saturated carbocycles. The number of benzene rings is 2. The maximum atomic E-state index is 8.81. The molecule has 0 atom stereocenters. The number of rotatable bonds is 2. The van der Waals surface area contributed by atoms with E-state index in [2.05, 4.69) is 27.3 Å². The van der Waals surface area contributed by atoms with Crippen LogP contribution in [-0.4, -0.2) is 0 Å². The first-order valence-electron chi connectivity index (χ1n) is 5.42. The summed E-state index contributed by atoms with van der Waals surface area (Å²) in [4.78, 5) is 0. The van der Waals surface area contributed by atoms with Gasteiger partial charge in [-0.3, -0.25) is 0 Å². The van der Waals surface area contributed by atoms with Crippen molar-refractivity contribution >= 4 is 33.0 Å². The summed E-state index contributed by atoms with van der Waals surface area (Å²) in [5.41, 5.74) is 10.1. The smallest absolute Gasteiger partial charge is 0.0992 e. The predicted molar refractivity (Wildman–Crippen MR) is 77.7 cm³/mol. The van der Waals surface area contributed by atoms with Crippen LogP contribution in [0.1, 0.15) is 11.1 Å². The molecule has 0 aliphatic rings. The summed E-state index contributed by atoms with van der Waals surface area (Å²) >= 11 is 3.44. The first kappa shape index (κ1) is 12.5. The minimum Gasteiger partial charge on any atom is -0.399 e. The van der Waals surface area contributed by atoms with E-state index in [9.17, 15) is 0 Å². The van der Waals surface area contributed by atoms with E-state index in [0.29, 0.717) is 5.56 Å². The molecule has 0 spiro atoms. The van der Waals surface area contributed by atoms with Crippen molar-refractivity contribution in [2.75, 3.05) is 11.1 Å². The van der Waals surface area contributed by atoms with Crippen LogP contribution in [0, 0.1) is 18.3 Å². The zero-order chi connectivity index (χ0) is 13.1. The molecule has 0 unspecified atom stereocenters. The SMILES string of the molecule is Cc1cc(N)cc(Nc2ccc(C#N)cc2Br)c1. The standard InChI is InChI=1S/C14H12BrN3/c1-9-4-11(17)7-12(5-9)18-14-3-2-10(8-16)6-13(14)15/h2-7,18H,17H2,1H3. The highest BCUT2D eigenvalue weighted by Crippen LogP contribution is 2.28. The van der Waals surface area contributed by atoms with Gasteiger partial charge in [-0.05, 0) is 64.8 Å². The van der Waals surface area contributed by atoms with Gasteiger partial charge in [0, 0.05) is 15.8 Å². The average molecular weight is 302 g/mol. The third-order valence-electron chi connectivity index (χ3n) is 2.48. The van der Waals surface area contributed by atoms with Gasteiger partial charge in [0.1, 0.15) is 0 Å². The molecule has 3 nitrogen and oxygen atoms in total. The maximum Gasteiger partial charge on any atom is 0.0992 e. The van der Waals surface area contributed by atoms with E-state index in [1.165, 1.54) is 0 Å². The van der Waals surface area contributed by atoms with E-state index in [0.717, 1.165) is 27.1 Å². The summed E-state index contributed by atoms with van der Waals surface area (Å²) in [6, 6.07) is 13.3. The van der Waals surface area contributed by atoms with E-state index in [1.54, 1.807) is 12.1 Å². The molecule has 2 aromatic rings. The highest BCUT2D eigenvalue weighted by Gasteiger charge is 2.03. The van der Waals surface area contributed by atoms with Crippen molar-refractivity contribution in [3.05, 3.63) is 52.0 Å². The fraction of sp³-hybridized carbons (Fsp3) is 0.0714. The summed E-state index contributed by atoms with van der Waals surface area (Å²) in [5.74, 6) is 0. The molecule has 0 saturated heterocycles. The quantitative estimate of drug-likeness (QED) is 0.826. The number of anilines is 3. The monoisotopic (exact) mass is 301 g/mol. The van der Waals surface area contributed by atoms with Crippen LogP contribution in [0.3, 0.4) is 0 Å². The summed E-state index contributed by atoms with van der Waals surface area (Å²) in [6.07, 6.45) is 0. The highest BCUT2D eigenvalue weighted by atomic mass is 79.9. The molecule has 18 heavy (non-hydrogen) atoms. The van der Waals surface area contributed by atoms with E-state index in [4.69, 9.17) is 11.0 Å². The minimum atomic E-state index is 0.621. The molecule has 0 aliphatic carbocycles. The Hall–Kier alpha value is -1.99. The third kappa shape index (κ3) is 2.82. The molecule has 0 radical (unpaired) electrons. The van der Waals surface area contributed by atoms with Crippen LogP contribution in [0.25, 0.3) is 0 Å². The van der Waals surface area contributed by atoms with Gasteiger partial charge in [-0.25, -0.2) is 0 Å². The van der Waals surface area contributed by atoms with Crippen LogP contribution < -0.4 is 11.1 Å². The lowest BCUT2D eigenvalue weighted by Crippen LogP contribution is -1.94. The lowest BCUT2D eigenvalue weighted by Gasteiger charge is -2.10. The number of nitriles is 1. The van der Waals surface area contributed by atoms with Crippen molar-refractivity contribution in [2.45, 2.75) is 6.92 Å². The summed E-state index contributed by atoms with van der Waals surface area (Å²) in [6.45, 7) is 2.00. The van der Waals surface area contributed by atoms with Crippen molar-refractivity contribution in [3.63, 3.8) is 0 Å². The number of nitrogens with zero attached hydrogens (tertiary/aromatic N) is 1. The first-order chi connectivity index (χ1) is 8.58. The van der Waals surface area contributed by atoms with E-state index < -0.39 is 0 Å². The van der Waals surface area contributed by atoms with Crippen molar-refractivity contribution in [2.24, 2.45) is 0 Å². The van der Waals surface area contributed by atoms with Gasteiger partial charge >= 0.3 is 0 Å². The molecule has 0 amide bonds. The lowest BCUT2D eigenvalue weighted by atomic mass is 10.2. The number of hydrogen-bond donors (Lipinski definition) is 2. The van der Waals surface area contributed by atoms with Crippen LogP contribution in [0.4, 0.5) is 17.1 Å². The van der Waals surface area contributed by atoms with Gasteiger partial charge in [0.25, 0.3) is 0 Å². The Kier molecular flexibility index (Phi) is 3.54. The predicted octanol–water partition coefficient (Wildman–Crippen LogP) is 3.96. The largest absolute Gasteiger partial charge is 0.399 e. The number of nitrogens with one attached hydrogen (secondary N) is 1. The Morgan fingerprint density at radius 2 is 2.00 bits per heavy atom. The van der Waals surface area contributed by atoms with Crippen molar-refractivity contribution in [3.8, 4) is 6.07 Å². The molecule has 4 heteroatoms. The molecular formula is C14H12BrN3. The van der Waals surface area contributed by atoms with Gasteiger partial charge < -0.3 is 11.1 Å². The van der Waals surface area contributed by atoms with Gasteiger partial charge in [0.05, 0.1) is 17.3 Å². The molecule has 2 aromatic carbocycles. The third-order valence-corrected chi connectivity index (χ3v) is 3.13. The van der Waals surface area contributed by atoms with Crippen LogP contribution in [-0.2, 0) is 0 Å².